The summed E-state index contributed by atoms with van der Waals surface area (Å²) in [5, 5.41) is 0. The van der Waals surface area contributed by atoms with E-state index in [2.05, 4.69) is 4.74 Å². The molecule has 6 atom stereocenters. The van der Waals surface area contributed by atoms with Crippen molar-refractivity contribution >= 4 is 17.9 Å². The highest BCUT2D eigenvalue weighted by Crippen LogP contribution is 2.50. The Morgan fingerprint density at radius 3 is 2.05 bits per heavy atom. The lowest BCUT2D eigenvalue weighted by atomic mass is 9.65. The molecule has 1 spiro atoms. The van der Waals surface area contributed by atoms with Gasteiger partial charge in [0.15, 0.2) is 24.3 Å². The number of fused-ring (bicyclic) bond motifs is 3. The maximum atomic E-state index is 13.2. The number of esters is 3. The fourth-order valence-electron chi connectivity index (χ4n) is 5.77. The predicted molar refractivity (Wildman–Crippen MR) is 124 cm³/mol. The van der Waals surface area contributed by atoms with Gasteiger partial charge < -0.3 is 28.4 Å². The average molecular weight is 605 g/mol. The van der Waals surface area contributed by atoms with E-state index in [1.165, 1.54) is 0 Å². The molecule has 234 valence electrons. The second-order valence-corrected chi connectivity index (χ2v) is 12.3. The molecule has 1 aliphatic carbocycles. The number of rotatable bonds is 6. The molecule has 0 aromatic carbocycles. The smallest absolute Gasteiger partial charge is 0.434 e. The summed E-state index contributed by atoms with van der Waals surface area (Å²) in [4.78, 5) is 38.1. The Morgan fingerprint density at radius 2 is 1.54 bits per heavy atom. The Bertz CT molecular complexity index is 1020. The molecule has 4 rings (SSSR count). The highest BCUT2D eigenvalue weighted by molar-refractivity contribution is 5.84. The van der Waals surface area contributed by atoms with Crippen LogP contribution in [0.2, 0.25) is 0 Å². The minimum atomic E-state index is -5.81. The van der Waals surface area contributed by atoms with Crippen LogP contribution in [0.3, 0.4) is 0 Å². The predicted octanol–water partition coefficient (Wildman–Crippen LogP) is 4.74. The zero-order chi connectivity index (χ0) is 30.8. The second-order valence-electron chi connectivity index (χ2n) is 12.3. The normalized spacial score (nSPS) is 35.2. The second kappa shape index (κ2) is 10.5. The first-order valence-electron chi connectivity index (χ1n) is 13.5. The Kier molecular flexibility index (Phi) is 8.18. The summed E-state index contributed by atoms with van der Waals surface area (Å²) in [7, 11) is 0. The van der Waals surface area contributed by atoms with Crippen molar-refractivity contribution in [2.45, 2.75) is 128 Å². The highest BCUT2D eigenvalue weighted by Gasteiger charge is 2.67. The summed E-state index contributed by atoms with van der Waals surface area (Å²) in [6.07, 6.45) is -20.3. The van der Waals surface area contributed by atoms with Crippen LogP contribution >= 0.6 is 0 Å². The standard InChI is InChI=1S/C26H34F6O9/c1-6-9-23(5,22(2,3)4)21(35)38-15-13-14(36-18(15)34)16-19(37-13)41-24(40-16)10-7-12(8-11-24)17(33)39-20(25(27,28)29)26(30,31)32/h12-16,19-20H,6-11H2,1-5H3. The Labute approximate surface area is 232 Å². The first-order valence-corrected chi connectivity index (χ1v) is 13.5. The Morgan fingerprint density at radius 1 is 0.951 bits per heavy atom. The first-order chi connectivity index (χ1) is 18.7. The van der Waals surface area contributed by atoms with Crippen molar-refractivity contribution in [3.63, 3.8) is 0 Å². The van der Waals surface area contributed by atoms with Crippen molar-refractivity contribution in [3.05, 3.63) is 0 Å². The molecule has 41 heavy (non-hydrogen) atoms. The van der Waals surface area contributed by atoms with Crippen LogP contribution in [0.15, 0.2) is 0 Å². The van der Waals surface area contributed by atoms with Crippen LogP contribution in [0.5, 0.6) is 0 Å². The van der Waals surface area contributed by atoms with Crippen molar-refractivity contribution in [3.8, 4) is 0 Å². The molecule has 0 amide bonds. The molecule has 9 nitrogen and oxygen atoms in total. The largest absolute Gasteiger partial charge is 0.454 e. The van der Waals surface area contributed by atoms with Gasteiger partial charge in [-0.1, -0.05) is 34.1 Å². The van der Waals surface area contributed by atoms with Gasteiger partial charge in [0.25, 0.3) is 6.10 Å². The van der Waals surface area contributed by atoms with E-state index in [1.54, 1.807) is 6.92 Å². The Hall–Kier alpha value is -2.13. The molecule has 0 aromatic rings. The quantitative estimate of drug-likeness (QED) is 0.242. The number of alkyl halides is 6. The molecule has 1 saturated carbocycles. The van der Waals surface area contributed by atoms with Crippen molar-refractivity contribution in [2.75, 3.05) is 0 Å². The number of carbonyl (C=O) groups excluding carboxylic acids is 3. The lowest BCUT2D eigenvalue weighted by molar-refractivity contribution is -0.315. The lowest BCUT2D eigenvalue weighted by Gasteiger charge is -2.40. The van der Waals surface area contributed by atoms with Crippen LogP contribution in [-0.4, -0.2) is 72.9 Å². The molecule has 0 radical (unpaired) electrons. The van der Waals surface area contributed by atoms with Crippen LogP contribution in [0.4, 0.5) is 26.3 Å². The van der Waals surface area contributed by atoms with E-state index >= 15 is 0 Å². The average Bonchev–Trinajstić information content (AvgIpc) is 3.43. The van der Waals surface area contributed by atoms with Crippen molar-refractivity contribution < 1.29 is 69.1 Å². The van der Waals surface area contributed by atoms with E-state index in [1.807, 2.05) is 27.7 Å². The minimum absolute atomic E-state index is 0.0590. The third-order valence-corrected chi connectivity index (χ3v) is 8.67. The third-order valence-electron chi connectivity index (χ3n) is 8.67. The summed E-state index contributed by atoms with van der Waals surface area (Å²) in [6.45, 7) is 9.40. The first kappa shape index (κ1) is 31.8. The van der Waals surface area contributed by atoms with Crippen molar-refractivity contribution in [2.24, 2.45) is 16.7 Å². The van der Waals surface area contributed by atoms with Crippen molar-refractivity contribution in [1.29, 1.82) is 0 Å². The molecule has 3 aliphatic heterocycles. The zero-order valence-corrected chi connectivity index (χ0v) is 23.2. The Balaban J connectivity index is 1.36. The van der Waals surface area contributed by atoms with Crippen LogP contribution in [0.1, 0.15) is 73.1 Å². The SMILES string of the molecule is CCCC(C)(C(=O)OC1C(=O)OC2C3OC4(CCC(C(=O)OC(C(F)(F)F)C(F)(F)F)CC4)OC3OC12)C(C)(C)C. The van der Waals surface area contributed by atoms with Crippen LogP contribution in [0, 0.1) is 16.7 Å². The maximum Gasteiger partial charge on any atom is 0.434 e. The molecule has 0 bridgehead atoms. The maximum absolute atomic E-state index is 13.2. The topological polar surface area (TPSA) is 107 Å². The number of ether oxygens (including phenoxy) is 6. The fourth-order valence-corrected chi connectivity index (χ4v) is 5.77. The van der Waals surface area contributed by atoms with Gasteiger partial charge in [-0.25, -0.2) is 4.79 Å². The number of hydrogen-bond acceptors (Lipinski definition) is 9. The van der Waals surface area contributed by atoms with Gasteiger partial charge in [0, 0.05) is 12.8 Å². The van der Waals surface area contributed by atoms with E-state index in [9.17, 15) is 40.7 Å². The van der Waals surface area contributed by atoms with Gasteiger partial charge in [-0.05, 0) is 31.6 Å². The van der Waals surface area contributed by atoms with Gasteiger partial charge in [0.2, 0.25) is 6.10 Å². The molecule has 15 heteroatoms. The summed E-state index contributed by atoms with van der Waals surface area (Å²) < 4.78 is 109. The summed E-state index contributed by atoms with van der Waals surface area (Å²) >= 11 is 0. The summed E-state index contributed by atoms with van der Waals surface area (Å²) in [5.74, 6) is -5.58. The molecule has 3 heterocycles. The van der Waals surface area contributed by atoms with Crippen LogP contribution < -0.4 is 0 Å². The third kappa shape index (κ3) is 5.90. The van der Waals surface area contributed by atoms with E-state index in [-0.39, 0.29) is 25.7 Å². The molecule has 6 unspecified atom stereocenters. The molecular weight excluding hydrogens is 570 g/mol. The van der Waals surface area contributed by atoms with E-state index in [0.29, 0.717) is 12.8 Å². The van der Waals surface area contributed by atoms with Gasteiger partial charge in [0.05, 0.1) is 11.3 Å². The van der Waals surface area contributed by atoms with E-state index in [4.69, 9.17) is 23.7 Å². The van der Waals surface area contributed by atoms with E-state index in [0.717, 1.165) is 0 Å². The highest BCUT2D eigenvalue weighted by atomic mass is 19.4. The van der Waals surface area contributed by atoms with Gasteiger partial charge in [-0.3, -0.25) is 9.59 Å². The van der Waals surface area contributed by atoms with Gasteiger partial charge in [-0.2, -0.15) is 26.3 Å². The van der Waals surface area contributed by atoms with Gasteiger partial charge >= 0.3 is 30.3 Å². The molecule has 0 N–H and O–H groups in total. The summed E-state index contributed by atoms with van der Waals surface area (Å²) in [6, 6.07) is 0. The van der Waals surface area contributed by atoms with E-state index < -0.39 is 89.6 Å². The molecule has 0 aromatic heterocycles. The summed E-state index contributed by atoms with van der Waals surface area (Å²) in [5.41, 5.74) is -1.37. The lowest BCUT2D eigenvalue weighted by Crippen LogP contribution is -2.47. The van der Waals surface area contributed by atoms with Crippen molar-refractivity contribution in [1.82, 2.24) is 0 Å². The number of carbonyl (C=O) groups is 3. The minimum Gasteiger partial charge on any atom is -0.454 e. The molecule has 4 fully saturated rings. The van der Waals surface area contributed by atoms with Gasteiger partial charge in [-0.15, -0.1) is 0 Å². The molecular formula is C26H34F6O9. The number of halogens is 6. The monoisotopic (exact) mass is 604 g/mol. The zero-order valence-electron chi connectivity index (χ0n) is 23.2. The fraction of sp³-hybridized carbons (Fsp3) is 0.885. The molecule has 3 saturated heterocycles. The van der Waals surface area contributed by atoms with Crippen LogP contribution in [0.25, 0.3) is 0 Å². The van der Waals surface area contributed by atoms with Crippen LogP contribution in [-0.2, 0) is 42.8 Å². The molecule has 4 aliphatic rings. The number of hydrogen-bond donors (Lipinski definition) is 0. The van der Waals surface area contributed by atoms with Gasteiger partial charge in [0.1, 0.15) is 6.10 Å².